The minimum absolute atomic E-state index is 0.0631. The van der Waals surface area contributed by atoms with E-state index in [9.17, 15) is 4.79 Å². The second kappa shape index (κ2) is 6.81. The molecular weight excluding hydrogens is 392 g/mol. The highest BCUT2D eigenvalue weighted by molar-refractivity contribution is 7.22. The summed E-state index contributed by atoms with van der Waals surface area (Å²) in [4.78, 5) is 24.5. The third kappa shape index (κ3) is 2.87. The first-order valence-corrected chi connectivity index (χ1v) is 10.3. The van der Waals surface area contributed by atoms with E-state index in [0.717, 1.165) is 20.9 Å². The van der Waals surface area contributed by atoms with Crippen LogP contribution in [-0.4, -0.2) is 19.7 Å². The van der Waals surface area contributed by atoms with Gasteiger partial charge in [-0.1, -0.05) is 41.6 Å². The van der Waals surface area contributed by atoms with E-state index >= 15 is 0 Å². The fraction of sp³-hybridized carbons (Fsp3) is 0.100. The van der Waals surface area contributed by atoms with Crippen molar-refractivity contribution in [3.63, 3.8) is 0 Å². The number of thiophene rings is 2. The largest absolute Gasteiger partial charge is 0.333 e. The number of hydrogen-bond acceptors (Lipinski definition) is 7. The number of fused-ring (bicyclic) bond motifs is 1. The van der Waals surface area contributed by atoms with Crippen molar-refractivity contribution in [3.05, 3.63) is 75.7 Å². The van der Waals surface area contributed by atoms with Crippen molar-refractivity contribution < 1.29 is 4.52 Å². The zero-order valence-electron chi connectivity index (χ0n) is 14.8. The molecule has 0 fully saturated rings. The van der Waals surface area contributed by atoms with Crippen LogP contribution in [0.4, 0.5) is 0 Å². The summed E-state index contributed by atoms with van der Waals surface area (Å²) in [6.07, 6.45) is 1.60. The number of aryl methyl sites for hydroxylation is 1. The summed E-state index contributed by atoms with van der Waals surface area (Å²) in [7, 11) is 0. The van der Waals surface area contributed by atoms with Gasteiger partial charge in [0, 0.05) is 0 Å². The molecule has 138 valence electrons. The Labute approximate surface area is 167 Å². The van der Waals surface area contributed by atoms with E-state index in [1.165, 1.54) is 11.3 Å². The Balaban J connectivity index is 1.58. The van der Waals surface area contributed by atoms with Gasteiger partial charge in [-0.25, -0.2) is 4.98 Å². The molecule has 0 aliphatic heterocycles. The molecule has 0 aliphatic rings. The molecule has 5 rings (SSSR count). The lowest BCUT2D eigenvalue weighted by molar-refractivity contribution is 0.433. The van der Waals surface area contributed by atoms with E-state index in [2.05, 4.69) is 15.1 Å². The molecule has 0 bridgehead atoms. The molecule has 0 unspecified atom stereocenters. The Bertz CT molecular complexity index is 1320. The first kappa shape index (κ1) is 17.0. The number of nitrogens with zero attached hydrogens (tertiary/aromatic N) is 4. The standard InChI is InChI=1S/C20H14N4O2S2/c1-12-15-19(21-11-24(20(15)25)10-13-6-3-2-4-7-13)28-16(12)18-22-17(23-26-18)14-8-5-9-27-14/h2-9,11H,10H2,1H3. The van der Waals surface area contributed by atoms with Crippen molar-refractivity contribution in [1.82, 2.24) is 19.7 Å². The van der Waals surface area contributed by atoms with Crippen LogP contribution < -0.4 is 5.56 Å². The maximum atomic E-state index is 13.1. The summed E-state index contributed by atoms with van der Waals surface area (Å²) < 4.78 is 7.10. The van der Waals surface area contributed by atoms with E-state index in [4.69, 9.17) is 4.52 Å². The van der Waals surface area contributed by atoms with Crippen LogP contribution >= 0.6 is 22.7 Å². The average Bonchev–Trinajstić information content (AvgIpc) is 3.45. The van der Waals surface area contributed by atoms with Gasteiger partial charge in [0.25, 0.3) is 11.4 Å². The van der Waals surface area contributed by atoms with Crippen LogP contribution in [0.15, 0.2) is 63.5 Å². The monoisotopic (exact) mass is 406 g/mol. The van der Waals surface area contributed by atoms with Crippen molar-refractivity contribution >= 4 is 32.9 Å². The highest BCUT2D eigenvalue weighted by atomic mass is 32.1. The highest BCUT2D eigenvalue weighted by Gasteiger charge is 2.20. The van der Waals surface area contributed by atoms with Gasteiger partial charge < -0.3 is 4.52 Å². The topological polar surface area (TPSA) is 73.8 Å². The Kier molecular flexibility index (Phi) is 4.14. The summed E-state index contributed by atoms with van der Waals surface area (Å²) in [6, 6.07) is 13.8. The molecule has 1 aromatic carbocycles. The molecule has 0 saturated heterocycles. The second-order valence-corrected chi connectivity index (χ2v) is 8.25. The quantitative estimate of drug-likeness (QED) is 0.436. The molecule has 0 radical (unpaired) electrons. The van der Waals surface area contributed by atoms with E-state index in [1.54, 1.807) is 22.2 Å². The van der Waals surface area contributed by atoms with Gasteiger partial charge in [0.05, 0.1) is 28.0 Å². The Hall–Kier alpha value is -3.10. The minimum Gasteiger partial charge on any atom is -0.333 e. The van der Waals surface area contributed by atoms with Gasteiger partial charge in [-0.2, -0.15) is 4.98 Å². The number of benzene rings is 1. The van der Waals surface area contributed by atoms with Crippen LogP contribution in [-0.2, 0) is 6.54 Å². The van der Waals surface area contributed by atoms with Gasteiger partial charge in [0.2, 0.25) is 5.82 Å². The summed E-state index contributed by atoms with van der Waals surface area (Å²) in [5, 5.41) is 6.64. The lowest BCUT2D eigenvalue weighted by Gasteiger charge is -2.05. The Morgan fingerprint density at radius 1 is 1.14 bits per heavy atom. The first-order chi connectivity index (χ1) is 13.7. The lowest BCUT2D eigenvalue weighted by Crippen LogP contribution is -2.21. The molecule has 0 N–H and O–H groups in total. The van der Waals surface area contributed by atoms with Crippen molar-refractivity contribution in [1.29, 1.82) is 0 Å². The zero-order chi connectivity index (χ0) is 19.1. The maximum Gasteiger partial charge on any atom is 0.268 e. The molecule has 0 aliphatic carbocycles. The normalized spacial score (nSPS) is 11.3. The molecule has 4 heterocycles. The third-order valence-corrected chi connectivity index (χ3v) is 6.53. The fourth-order valence-electron chi connectivity index (χ4n) is 3.08. The van der Waals surface area contributed by atoms with Crippen LogP contribution in [0.3, 0.4) is 0 Å². The van der Waals surface area contributed by atoms with Gasteiger partial charge in [-0.05, 0) is 29.5 Å². The molecule has 0 atom stereocenters. The van der Waals surface area contributed by atoms with Crippen LogP contribution in [0.5, 0.6) is 0 Å². The van der Waals surface area contributed by atoms with Crippen LogP contribution in [0, 0.1) is 6.92 Å². The first-order valence-electron chi connectivity index (χ1n) is 8.61. The predicted molar refractivity (Wildman–Crippen MR) is 111 cm³/mol. The maximum absolute atomic E-state index is 13.1. The third-order valence-electron chi connectivity index (χ3n) is 4.47. The van der Waals surface area contributed by atoms with Crippen LogP contribution in [0.1, 0.15) is 11.1 Å². The summed E-state index contributed by atoms with van der Waals surface area (Å²) in [5.74, 6) is 0.967. The Morgan fingerprint density at radius 2 is 2.00 bits per heavy atom. The van der Waals surface area contributed by atoms with E-state index in [0.29, 0.717) is 28.5 Å². The van der Waals surface area contributed by atoms with Gasteiger partial charge in [0.15, 0.2) is 0 Å². The molecule has 8 heteroatoms. The summed E-state index contributed by atoms with van der Waals surface area (Å²) in [6.45, 7) is 2.38. The van der Waals surface area contributed by atoms with E-state index in [1.807, 2.05) is 54.8 Å². The Morgan fingerprint density at radius 3 is 2.79 bits per heavy atom. The highest BCUT2D eigenvalue weighted by Crippen LogP contribution is 2.35. The molecule has 0 amide bonds. The SMILES string of the molecule is Cc1c(-c2nc(-c3cccs3)no2)sc2ncn(Cc3ccccc3)c(=O)c12. The number of aromatic nitrogens is 4. The van der Waals surface area contributed by atoms with Crippen LogP contribution in [0.2, 0.25) is 0 Å². The van der Waals surface area contributed by atoms with Gasteiger partial charge >= 0.3 is 0 Å². The smallest absolute Gasteiger partial charge is 0.268 e. The molecule has 28 heavy (non-hydrogen) atoms. The van der Waals surface area contributed by atoms with E-state index < -0.39 is 0 Å². The molecule has 0 spiro atoms. The fourth-order valence-corrected chi connectivity index (χ4v) is 4.79. The van der Waals surface area contributed by atoms with Crippen molar-refractivity contribution in [2.24, 2.45) is 0 Å². The van der Waals surface area contributed by atoms with Crippen LogP contribution in [0.25, 0.3) is 31.7 Å². The average molecular weight is 406 g/mol. The lowest BCUT2D eigenvalue weighted by atomic mass is 10.2. The summed E-state index contributed by atoms with van der Waals surface area (Å²) >= 11 is 2.95. The predicted octanol–water partition coefficient (Wildman–Crippen LogP) is 4.59. The van der Waals surface area contributed by atoms with Crippen molar-refractivity contribution in [2.45, 2.75) is 13.5 Å². The zero-order valence-corrected chi connectivity index (χ0v) is 16.5. The molecular formula is C20H14N4O2S2. The molecule has 6 nitrogen and oxygen atoms in total. The number of rotatable bonds is 4. The summed E-state index contributed by atoms with van der Waals surface area (Å²) in [5.41, 5.74) is 1.81. The minimum atomic E-state index is -0.0631. The molecule has 0 saturated carbocycles. The molecule has 5 aromatic rings. The second-order valence-electron chi connectivity index (χ2n) is 6.30. The van der Waals surface area contributed by atoms with E-state index in [-0.39, 0.29) is 5.56 Å². The van der Waals surface area contributed by atoms with Gasteiger partial charge in [-0.3, -0.25) is 9.36 Å². The molecule has 4 aromatic heterocycles. The van der Waals surface area contributed by atoms with Crippen molar-refractivity contribution in [3.8, 4) is 21.5 Å². The van der Waals surface area contributed by atoms with Gasteiger partial charge in [-0.15, -0.1) is 22.7 Å². The van der Waals surface area contributed by atoms with Gasteiger partial charge in [0.1, 0.15) is 4.83 Å². The van der Waals surface area contributed by atoms with Crippen molar-refractivity contribution in [2.75, 3.05) is 0 Å². The number of hydrogen-bond donors (Lipinski definition) is 0.